The van der Waals surface area contributed by atoms with Crippen molar-refractivity contribution in [2.45, 2.75) is 25.7 Å². The van der Waals surface area contributed by atoms with Crippen LogP contribution in [-0.4, -0.2) is 17.9 Å². The van der Waals surface area contributed by atoms with Crippen LogP contribution in [0.15, 0.2) is 30.4 Å². The zero-order chi connectivity index (χ0) is 17.4. The predicted octanol–water partition coefficient (Wildman–Crippen LogP) is 3.75. The fraction of sp³-hybridized carbons (Fsp3) is 0.591. The van der Waals surface area contributed by atoms with E-state index in [1.807, 2.05) is 6.07 Å². The number of carboxylic acids is 1. The molecule has 1 aliphatic heterocycles. The Labute approximate surface area is 153 Å². The predicted molar refractivity (Wildman–Crippen MR) is 94.8 cm³/mol. The number of ether oxygens (including phenoxy) is 2. The van der Waals surface area contributed by atoms with E-state index in [4.69, 9.17) is 9.47 Å². The molecule has 26 heavy (non-hydrogen) atoms. The number of fused-ring (bicyclic) bond motifs is 1. The molecule has 0 aromatic heterocycles. The lowest BCUT2D eigenvalue weighted by Gasteiger charge is -2.59. The van der Waals surface area contributed by atoms with Crippen LogP contribution in [0.25, 0.3) is 0 Å². The molecule has 6 aliphatic rings. The van der Waals surface area contributed by atoms with Gasteiger partial charge in [0.25, 0.3) is 0 Å². The van der Waals surface area contributed by atoms with Gasteiger partial charge in [0.1, 0.15) is 0 Å². The molecule has 7 rings (SSSR count). The van der Waals surface area contributed by atoms with E-state index in [0.717, 1.165) is 42.1 Å². The number of hydrogen-bond donors (Lipinski definition) is 1. The molecule has 4 heteroatoms. The molecule has 3 saturated carbocycles. The van der Waals surface area contributed by atoms with Gasteiger partial charge in [0.15, 0.2) is 11.5 Å². The lowest BCUT2D eigenvalue weighted by Crippen LogP contribution is -2.56. The van der Waals surface area contributed by atoms with Gasteiger partial charge in [-0.25, -0.2) is 0 Å². The maximum absolute atomic E-state index is 11.8. The van der Waals surface area contributed by atoms with Crippen LogP contribution in [0.3, 0.4) is 0 Å². The van der Waals surface area contributed by atoms with Crippen molar-refractivity contribution in [1.82, 2.24) is 0 Å². The molecular formula is C22H24O4. The maximum atomic E-state index is 11.8. The van der Waals surface area contributed by atoms with Gasteiger partial charge in [0.2, 0.25) is 6.79 Å². The van der Waals surface area contributed by atoms with E-state index in [0.29, 0.717) is 30.5 Å². The Morgan fingerprint density at radius 1 is 1.08 bits per heavy atom. The molecule has 0 saturated heterocycles. The average Bonchev–Trinajstić information content (AvgIpc) is 3.17. The van der Waals surface area contributed by atoms with Crippen molar-refractivity contribution in [3.05, 3.63) is 35.9 Å². The Bertz CT molecular complexity index is 799. The number of allylic oxidation sites excluding steroid dienone is 2. The minimum absolute atomic E-state index is 0.116. The Kier molecular flexibility index (Phi) is 3.07. The van der Waals surface area contributed by atoms with Gasteiger partial charge in [-0.2, -0.15) is 0 Å². The summed E-state index contributed by atoms with van der Waals surface area (Å²) in [5.41, 5.74) is 1.31. The number of hydrogen-bond acceptors (Lipinski definition) is 3. The van der Waals surface area contributed by atoms with E-state index in [1.54, 1.807) is 0 Å². The normalized spacial score (nSPS) is 42.8. The molecule has 0 amide bonds. The summed E-state index contributed by atoms with van der Waals surface area (Å²) in [7, 11) is 0. The molecule has 8 atom stereocenters. The van der Waals surface area contributed by atoms with Gasteiger partial charge in [0.05, 0.1) is 5.92 Å². The smallest absolute Gasteiger partial charge is 0.307 e. The third-order valence-electron chi connectivity index (χ3n) is 8.07. The van der Waals surface area contributed by atoms with Gasteiger partial charge in [-0.15, -0.1) is 0 Å². The molecule has 3 fully saturated rings. The molecule has 4 nitrogen and oxygen atoms in total. The fourth-order valence-electron chi connectivity index (χ4n) is 7.25. The van der Waals surface area contributed by atoms with Crippen LogP contribution < -0.4 is 9.47 Å². The quantitative estimate of drug-likeness (QED) is 0.820. The van der Waals surface area contributed by atoms with Gasteiger partial charge in [0, 0.05) is 0 Å². The Morgan fingerprint density at radius 2 is 1.92 bits per heavy atom. The van der Waals surface area contributed by atoms with Crippen molar-refractivity contribution < 1.29 is 19.4 Å². The third-order valence-corrected chi connectivity index (χ3v) is 8.07. The summed E-state index contributed by atoms with van der Waals surface area (Å²) in [6.45, 7) is 0.327. The molecule has 1 heterocycles. The largest absolute Gasteiger partial charge is 0.481 e. The van der Waals surface area contributed by atoms with Gasteiger partial charge >= 0.3 is 5.97 Å². The SMILES string of the molecule is O=C(O)C1[C@H]2C=C[C@H]3C4[C@H]2[C@@H](CCCc2ccc5c(c2)OCO5)[C@@H]4C[C@H]13. The standard InChI is InChI=1S/C22H24O4/c23-22(24)21-14-6-5-13-16(21)9-15-12(19(14)20(13)15)3-1-2-11-4-7-17-18(8-11)26-10-25-17/h4-8,12-16,19-21H,1-3,9-10H2,(H,23,24)/t12-,13+,14-,15-,16-,19-,20?,21?/m0/s1. The Balaban J connectivity index is 1.15. The summed E-state index contributed by atoms with van der Waals surface area (Å²) in [4.78, 5) is 11.8. The maximum Gasteiger partial charge on any atom is 0.307 e. The first kappa shape index (κ1) is 15.1. The summed E-state index contributed by atoms with van der Waals surface area (Å²) in [5.74, 6) is 5.25. The molecule has 1 N–H and O–H groups in total. The number of aliphatic carboxylic acids is 1. The second-order valence-corrected chi connectivity index (χ2v) is 8.87. The van der Waals surface area contributed by atoms with Crippen LogP contribution in [0, 0.1) is 47.3 Å². The van der Waals surface area contributed by atoms with Crippen LogP contribution in [0.5, 0.6) is 11.5 Å². The van der Waals surface area contributed by atoms with Crippen LogP contribution >= 0.6 is 0 Å². The van der Waals surface area contributed by atoms with Crippen LogP contribution in [0.2, 0.25) is 0 Å². The van der Waals surface area contributed by atoms with E-state index < -0.39 is 5.97 Å². The van der Waals surface area contributed by atoms with Gasteiger partial charge in [-0.05, 0) is 84.8 Å². The van der Waals surface area contributed by atoms with Crippen molar-refractivity contribution in [3.63, 3.8) is 0 Å². The van der Waals surface area contributed by atoms with Crippen LogP contribution in [0.1, 0.15) is 24.8 Å². The molecule has 1 aromatic carbocycles. The van der Waals surface area contributed by atoms with Gasteiger partial charge in [-0.1, -0.05) is 18.2 Å². The van der Waals surface area contributed by atoms with E-state index in [1.165, 1.54) is 18.4 Å². The number of rotatable bonds is 5. The third kappa shape index (κ3) is 1.88. The van der Waals surface area contributed by atoms with E-state index in [9.17, 15) is 9.90 Å². The second-order valence-electron chi connectivity index (χ2n) is 8.87. The van der Waals surface area contributed by atoms with Crippen molar-refractivity contribution in [3.8, 4) is 11.5 Å². The summed E-state index contributed by atoms with van der Waals surface area (Å²) in [5, 5.41) is 9.75. The highest BCUT2D eigenvalue weighted by molar-refractivity contribution is 5.72. The highest BCUT2D eigenvalue weighted by Crippen LogP contribution is 2.72. The topological polar surface area (TPSA) is 55.8 Å². The summed E-state index contributed by atoms with van der Waals surface area (Å²) in [6.07, 6.45) is 9.24. The van der Waals surface area contributed by atoms with Gasteiger partial charge in [-0.3, -0.25) is 4.79 Å². The molecule has 4 bridgehead atoms. The lowest BCUT2D eigenvalue weighted by molar-refractivity contribution is -0.155. The zero-order valence-corrected chi connectivity index (χ0v) is 14.7. The average molecular weight is 352 g/mol. The highest BCUT2D eigenvalue weighted by Gasteiger charge is 2.69. The monoisotopic (exact) mass is 352 g/mol. The summed E-state index contributed by atoms with van der Waals surface area (Å²) in [6, 6.07) is 6.26. The van der Waals surface area contributed by atoms with Crippen molar-refractivity contribution in [2.75, 3.05) is 6.79 Å². The molecular weight excluding hydrogens is 328 g/mol. The number of benzene rings is 1. The number of carbonyl (C=O) groups is 1. The van der Waals surface area contributed by atoms with Crippen LogP contribution in [0.4, 0.5) is 0 Å². The van der Waals surface area contributed by atoms with Crippen molar-refractivity contribution in [2.24, 2.45) is 47.3 Å². The van der Waals surface area contributed by atoms with E-state index in [-0.39, 0.29) is 5.92 Å². The second kappa shape index (κ2) is 5.28. The first-order valence-electron chi connectivity index (χ1n) is 10.0. The molecule has 136 valence electrons. The number of carboxylic acid groups (broad SMARTS) is 1. The summed E-state index contributed by atoms with van der Waals surface area (Å²) < 4.78 is 10.9. The summed E-state index contributed by atoms with van der Waals surface area (Å²) >= 11 is 0. The Hall–Kier alpha value is -1.97. The zero-order valence-electron chi connectivity index (χ0n) is 14.7. The first-order chi connectivity index (χ1) is 12.7. The lowest BCUT2D eigenvalue weighted by atomic mass is 9.45. The molecule has 0 spiro atoms. The highest BCUT2D eigenvalue weighted by atomic mass is 16.7. The first-order valence-corrected chi connectivity index (χ1v) is 10.0. The number of aryl methyl sites for hydroxylation is 1. The molecule has 1 aromatic rings. The minimum atomic E-state index is -0.556. The van der Waals surface area contributed by atoms with E-state index in [2.05, 4.69) is 24.3 Å². The molecule has 0 radical (unpaired) electrons. The molecule has 2 unspecified atom stereocenters. The van der Waals surface area contributed by atoms with Gasteiger partial charge < -0.3 is 14.6 Å². The van der Waals surface area contributed by atoms with Crippen molar-refractivity contribution >= 4 is 5.97 Å². The van der Waals surface area contributed by atoms with Crippen LogP contribution in [-0.2, 0) is 11.2 Å². The molecule has 5 aliphatic carbocycles. The van der Waals surface area contributed by atoms with Crippen molar-refractivity contribution in [1.29, 1.82) is 0 Å². The van der Waals surface area contributed by atoms with E-state index >= 15 is 0 Å². The minimum Gasteiger partial charge on any atom is -0.481 e. The Morgan fingerprint density at radius 3 is 2.81 bits per heavy atom. The fourth-order valence-corrected chi connectivity index (χ4v) is 7.25.